The van der Waals surface area contributed by atoms with Crippen LogP contribution in [0.4, 0.5) is 0 Å². The Morgan fingerprint density at radius 1 is 0.867 bits per heavy atom. The van der Waals surface area contributed by atoms with E-state index >= 15 is 0 Å². The molecule has 15 heavy (non-hydrogen) atoms. The van der Waals surface area contributed by atoms with E-state index in [0.29, 0.717) is 12.8 Å². The first-order valence-corrected chi connectivity index (χ1v) is 6.39. The van der Waals surface area contributed by atoms with Gasteiger partial charge in [-0.25, -0.2) is 0 Å². The van der Waals surface area contributed by atoms with Gasteiger partial charge in [0.05, 0.1) is 5.60 Å². The van der Waals surface area contributed by atoms with Gasteiger partial charge in [-0.15, -0.1) is 0 Å². The highest BCUT2D eigenvalue weighted by atomic mass is 16.3. The van der Waals surface area contributed by atoms with Crippen LogP contribution < -0.4 is 0 Å². The van der Waals surface area contributed by atoms with Crippen molar-refractivity contribution in [1.29, 1.82) is 0 Å². The maximum atomic E-state index is 10.0. The molecule has 0 aromatic heterocycles. The second kappa shape index (κ2) is 9.17. The van der Waals surface area contributed by atoms with E-state index in [9.17, 15) is 5.11 Å². The van der Waals surface area contributed by atoms with E-state index in [0.717, 1.165) is 38.7 Å². The summed E-state index contributed by atoms with van der Waals surface area (Å²) in [5, 5.41) is 19.1. The summed E-state index contributed by atoms with van der Waals surface area (Å²) in [5.41, 5.74) is -0.928. The van der Waals surface area contributed by atoms with Crippen molar-refractivity contribution in [2.45, 2.75) is 77.2 Å². The molecule has 0 bridgehead atoms. The summed E-state index contributed by atoms with van der Waals surface area (Å²) in [6.07, 6.45) is 9.26. The molecule has 0 aromatic rings. The molecule has 2 heteroatoms. The third-order valence-corrected chi connectivity index (χ3v) is 2.92. The smallest absolute Gasteiger partial charge is 0.111 e. The molecule has 0 rings (SSSR count). The predicted molar refractivity (Wildman–Crippen MR) is 64.1 cm³/mol. The Morgan fingerprint density at radius 2 is 1.33 bits per heavy atom. The number of hydrogen-bond donors (Lipinski definition) is 2. The number of aliphatic hydroxyl groups excluding tert-OH is 1. The highest BCUT2D eigenvalue weighted by Gasteiger charge is 2.24. The molecule has 1 atom stereocenters. The Labute approximate surface area is 94.7 Å². The topological polar surface area (TPSA) is 40.5 Å². The molecule has 1 radical (unpaired) electrons. The van der Waals surface area contributed by atoms with E-state index in [-0.39, 0.29) is 0 Å². The summed E-state index contributed by atoms with van der Waals surface area (Å²) in [6, 6.07) is 0. The van der Waals surface area contributed by atoms with Crippen LogP contribution in [0.3, 0.4) is 0 Å². The van der Waals surface area contributed by atoms with E-state index in [1.165, 1.54) is 12.8 Å². The van der Waals surface area contributed by atoms with Gasteiger partial charge in [0.2, 0.25) is 0 Å². The predicted octanol–water partition coefficient (Wildman–Crippen LogP) is 3.80. The van der Waals surface area contributed by atoms with Crippen LogP contribution in [0.15, 0.2) is 0 Å². The van der Waals surface area contributed by atoms with Gasteiger partial charge >= 0.3 is 0 Å². The van der Waals surface area contributed by atoms with Gasteiger partial charge in [-0.2, -0.15) is 0 Å². The minimum absolute atomic E-state index is 0.698. The minimum atomic E-state index is -0.928. The van der Waals surface area contributed by atoms with Gasteiger partial charge in [-0.1, -0.05) is 58.8 Å². The third-order valence-electron chi connectivity index (χ3n) is 2.92. The number of hydrogen-bond acceptors (Lipinski definition) is 2. The lowest BCUT2D eigenvalue weighted by Crippen LogP contribution is -2.29. The summed E-state index contributed by atoms with van der Waals surface area (Å²) in [4.78, 5) is 0. The molecular weight excluding hydrogens is 188 g/mol. The first-order valence-electron chi connectivity index (χ1n) is 6.39. The van der Waals surface area contributed by atoms with Crippen molar-refractivity contribution < 1.29 is 10.2 Å². The van der Waals surface area contributed by atoms with Gasteiger partial charge in [0, 0.05) is 0 Å². The van der Waals surface area contributed by atoms with E-state index in [1.807, 2.05) is 0 Å². The van der Waals surface area contributed by atoms with Crippen molar-refractivity contribution in [3.05, 3.63) is 6.61 Å². The molecule has 0 aliphatic rings. The molecule has 2 nitrogen and oxygen atoms in total. The summed E-state index contributed by atoms with van der Waals surface area (Å²) in [6.45, 7) is 5.31. The summed E-state index contributed by atoms with van der Waals surface area (Å²) >= 11 is 0. The Bertz CT molecular complexity index is 136. The van der Waals surface area contributed by atoms with Gasteiger partial charge < -0.3 is 10.2 Å². The third kappa shape index (κ3) is 7.80. The van der Waals surface area contributed by atoms with Crippen molar-refractivity contribution >= 4 is 0 Å². The zero-order chi connectivity index (χ0) is 11.6. The van der Waals surface area contributed by atoms with Crippen molar-refractivity contribution in [2.24, 2.45) is 0 Å². The largest absolute Gasteiger partial charge is 0.387 e. The van der Waals surface area contributed by atoms with Crippen LogP contribution in [-0.4, -0.2) is 15.8 Å². The Morgan fingerprint density at radius 3 is 1.80 bits per heavy atom. The van der Waals surface area contributed by atoms with Crippen LogP contribution in [-0.2, 0) is 0 Å². The average Bonchev–Trinajstić information content (AvgIpc) is 2.25. The molecule has 0 aliphatic heterocycles. The van der Waals surface area contributed by atoms with Crippen molar-refractivity contribution in [1.82, 2.24) is 0 Å². The zero-order valence-corrected chi connectivity index (χ0v) is 10.3. The van der Waals surface area contributed by atoms with E-state index in [2.05, 4.69) is 13.8 Å². The van der Waals surface area contributed by atoms with Crippen molar-refractivity contribution in [2.75, 3.05) is 0 Å². The van der Waals surface area contributed by atoms with Crippen LogP contribution >= 0.6 is 0 Å². The molecule has 0 heterocycles. The fraction of sp³-hybridized carbons (Fsp3) is 0.923. The standard InChI is InChI=1S/C13H27O2/c1-3-5-7-9-11-13(15,12-14)10-8-6-4-2/h12,14-15H,3-11H2,1-2H3. The monoisotopic (exact) mass is 215 g/mol. The molecule has 91 valence electrons. The molecule has 0 amide bonds. The second-order valence-corrected chi connectivity index (χ2v) is 4.50. The maximum Gasteiger partial charge on any atom is 0.111 e. The number of aliphatic hydroxyl groups is 2. The summed E-state index contributed by atoms with van der Waals surface area (Å²) in [5.74, 6) is 0. The van der Waals surface area contributed by atoms with Crippen LogP contribution in [0.5, 0.6) is 0 Å². The lowest BCUT2D eigenvalue weighted by atomic mass is 9.91. The first kappa shape index (κ1) is 14.9. The molecule has 0 spiro atoms. The van der Waals surface area contributed by atoms with Gasteiger partial charge in [-0.3, -0.25) is 0 Å². The SMILES string of the molecule is CCCCCCC(O)([CH]O)CCCCC. The fourth-order valence-corrected chi connectivity index (χ4v) is 1.79. The lowest BCUT2D eigenvalue weighted by Gasteiger charge is -2.25. The molecule has 0 aromatic carbocycles. The summed E-state index contributed by atoms with van der Waals surface area (Å²) < 4.78 is 0. The minimum Gasteiger partial charge on any atom is -0.387 e. The molecule has 0 fully saturated rings. The highest BCUT2D eigenvalue weighted by Crippen LogP contribution is 2.24. The number of rotatable bonds is 10. The fourth-order valence-electron chi connectivity index (χ4n) is 1.79. The maximum absolute atomic E-state index is 10.0. The molecular formula is C13H27O2. The molecule has 2 N–H and O–H groups in total. The first-order chi connectivity index (χ1) is 7.18. The molecule has 0 saturated heterocycles. The van der Waals surface area contributed by atoms with Crippen molar-refractivity contribution in [3.8, 4) is 0 Å². The van der Waals surface area contributed by atoms with Crippen LogP contribution in [0.25, 0.3) is 0 Å². The van der Waals surface area contributed by atoms with Gasteiger partial charge in [0.15, 0.2) is 0 Å². The second-order valence-electron chi connectivity index (χ2n) is 4.50. The zero-order valence-electron chi connectivity index (χ0n) is 10.3. The van der Waals surface area contributed by atoms with Crippen LogP contribution in [0.1, 0.15) is 71.6 Å². The molecule has 0 saturated carbocycles. The molecule has 0 aliphatic carbocycles. The van der Waals surface area contributed by atoms with E-state index < -0.39 is 5.60 Å². The van der Waals surface area contributed by atoms with E-state index in [4.69, 9.17) is 5.11 Å². The Kier molecular flexibility index (Phi) is 9.12. The summed E-state index contributed by atoms with van der Waals surface area (Å²) in [7, 11) is 0. The van der Waals surface area contributed by atoms with E-state index in [1.54, 1.807) is 0 Å². The van der Waals surface area contributed by atoms with Gasteiger partial charge in [0.25, 0.3) is 0 Å². The highest BCUT2D eigenvalue weighted by molar-refractivity contribution is 4.85. The lowest BCUT2D eigenvalue weighted by molar-refractivity contribution is 0.00805. The van der Waals surface area contributed by atoms with Crippen LogP contribution in [0.2, 0.25) is 0 Å². The van der Waals surface area contributed by atoms with Gasteiger partial charge in [-0.05, 0) is 12.8 Å². The molecule has 1 unspecified atom stereocenters. The van der Waals surface area contributed by atoms with Crippen LogP contribution in [0, 0.1) is 6.61 Å². The number of unbranched alkanes of at least 4 members (excludes halogenated alkanes) is 5. The quantitative estimate of drug-likeness (QED) is 0.544. The Balaban J connectivity index is 3.65. The van der Waals surface area contributed by atoms with Gasteiger partial charge in [0.1, 0.15) is 6.61 Å². The Hall–Kier alpha value is -0.0800. The average molecular weight is 215 g/mol. The van der Waals surface area contributed by atoms with Crippen molar-refractivity contribution in [3.63, 3.8) is 0 Å². The normalized spacial score (nSPS) is 15.2.